The summed E-state index contributed by atoms with van der Waals surface area (Å²) in [5.41, 5.74) is 0.853. The first kappa shape index (κ1) is 12.9. The van der Waals surface area contributed by atoms with E-state index in [1.807, 2.05) is 24.3 Å². The number of hydrogen-bond acceptors (Lipinski definition) is 2. The minimum Gasteiger partial charge on any atom is -0.388 e. The van der Waals surface area contributed by atoms with Gasteiger partial charge < -0.3 is 10.0 Å². The molecule has 1 aliphatic rings. The molecule has 0 radical (unpaired) electrons. The highest BCUT2D eigenvalue weighted by Crippen LogP contribution is 2.25. The van der Waals surface area contributed by atoms with Gasteiger partial charge in [0.2, 0.25) is 0 Å². The number of nitrogens with zero attached hydrogens (tertiary/aromatic N) is 1. The molecular weight excluding hydrogens is 234 g/mol. The Kier molecular flexibility index (Phi) is 4.84. The van der Waals surface area contributed by atoms with Gasteiger partial charge in [0.1, 0.15) is 0 Å². The molecule has 1 aromatic carbocycles. The van der Waals surface area contributed by atoms with E-state index in [4.69, 9.17) is 11.6 Å². The van der Waals surface area contributed by atoms with E-state index in [0.29, 0.717) is 5.02 Å². The van der Waals surface area contributed by atoms with Gasteiger partial charge in [0.15, 0.2) is 0 Å². The summed E-state index contributed by atoms with van der Waals surface area (Å²) in [5.74, 6) is 0. The van der Waals surface area contributed by atoms with Crippen molar-refractivity contribution < 1.29 is 5.11 Å². The zero-order valence-electron chi connectivity index (χ0n) is 10.1. The van der Waals surface area contributed by atoms with E-state index < -0.39 is 6.10 Å². The van der Waals surface area contributed by atoms with Gasteiger partial charge in [-0.15, -0.1) is 0 Å². The van der Waals surface area contributed by atoms with Crippen LogP contribution in [0.3, 0.4) is 0 Å². The summed E-state index contributed by atoms with van der Waals surface area (Å²) in [6.45, 7) is 3.32. The van der Waals surface area contributed by atoms with Crippen LogP contribution < -0.4 is 0 Å². The molecule has 0 amide bonds. The summed E-state index contributed by atoms with van der Waals surface area (Å²) in [5, 5.41) is 10.8. The van der Waals surface area contributed by atoms with Crippen LogP contribution in [0, 0.1) is 0 Å². The van der Waals surface area contributed by atoms with Gasteiger partial charge in [0.25, 0.3) is 0 Å². The monoisotopic (exact) mass is 253 g/mol. The van der Waals surface area contributed by atoms with Crippen molar-refractivity contribution in [1.29, 1.82) is 0 Å². The summed E-state index contributed by atoms with van der Waals surface area (Å²) in [4.78, 5) is 2.43. The fourth-order valence-electron chi connectivity index (χ4n) is 2.39. The average Bonchev–Trinajstić information content (AvgIpc) is 2.38. The van der Waals surface area contributed by atoms with Gasteiger partial charge in [-0.2, -0.15) is 0 Å². The maximum absolute atomic E-state index is 10.1. The van der Waals surface area contributed by atoms with Crippen LogP contribution in [0.5, 0.6) is 0 Å². The van der Waals surface area contributed by atoms with E-state index in [1.54, 1.807) is 0 Å². The van der Waals surface area contributed by atoms with E-state index >= 15 is 0 Å². The number of likely N-dealkylation sites (tertiary alicyclic amines) is 1. The summed E-state index contributed by atoms with van der Waals surface area (Å²) < 4.78 is 0. The van der Waals surface area contributed by atoms with Gasteiger partial charge in [-0.25, -0.2) is 0 Å². The SMILES string of the molecule is OC(CCN1CCCCC1)c1ccccc1Cl. The van der Waals surface area contributed by atoms with Crippen LogP contribution in [0.2, 0.25) is 5.02 Å². The van der Waals surface area contributed by atoms with E-state index in [0.717, 1.165) is 18.5 Å². The molecule has 0 bridgehead atoms. The van der Waals surface area contributed by atoms with Crippen molar-refractivity contribution >= 4 is 11.6 Å². The highest BCUT2D eigenvalue weighted by atomic mass is 35.5. The quantitative estimate of drug-likeness (QED) is 0.891. The van der Waals surface area contributed by atoms with E-state index in [2.05, 4.69) is 4.90 Å². The zero-order valence-corrected chi connectivity index (χ0v) is 10.9. The van der Waals surface area contributed by atoms with Crippen LogP contribution >= 0.6 is 11.6 Å². The van der Waals surface area contributed by atoms with Gasteiger partial charge in [-0.1, -0.05) is 36.2 Å². The molecule has 0 aliphatic carbocycles. The van der Waals surface area contributed by atoms with Crippen molar-refractivity contribution in [2.24, 2.45) is 0 Å². The minimum atomic E-state index is -0.439. The largest absolute Gasteiger partial charge is 0.388 e. The summed E-state index contributed by atoms with van der Waals surface area (Å²) in [6, 6.07) is 7.55. The number of halogens is 1. The summed E-state index contributed by atoms with van der Waals surface area (Å²) in [7, 11) is 0. The highest BCUT2D eigenvalue weighted by Gasteiger charge is 2.14. The van der Waals surface area contributed by atoms with Crippen molar-refractivity contribution in [3.05, 3.63) is 34.9 Å². The first-order valence-corrected chi connectivity index (χ1v) is 6.80. The second kappa shape index (κ2) is 6.39. The molecule has 1 atom stereocenters. The molecule has 0 saturated carbocycles. The lowest BCUT2D eigenvalue weighted by atomic mass is 10.1. The van der Waals surface area contributed by atoms with Gasteiger partial charge in [-0.3, -0.25) is 0 Å². The molecule has 1 aliphatic heterocycles. The molecule has 0 spiro atoms. The third kappa shape index (κ3) is 3.70. The van der Waals surface area contributed by atoms with Crippen molar-refractivity contribution in [2.75, 3.05) is 19.6 Å². The number of rotatable bonds is 4. The highest BCUT2D eigenvalue weighted by molar-refractivity contribution is 6.31. The topological polar surface area (TPSA) is 23.5 Å². The second-order valence-electron chi connectivity index (χ2n) is 4.73. The zero-order chi connectivity index (χ0) is 12.1. The molecule has 1 N–H and O–H groups in total. The Bertz CT molecular complexity index is 350. The van der Waals surface area contributed by atoms with Crippen LogP contribution in [0.25, 0.3) is 0 Å². The normalized spacial score (nSPS) is 19.2. The molecule has 1 unspecified atom stereocenters. The van der Waals surface area contributed by atoms with Crippen LogP contribution in [0.4, 0.5) is 0 Å². The Labute approximate surface area is 108 Å². The predicted octanol–water partition coefficient (Wildman–Crippen LogP) is 3.25. The van der Waals surface area contributed by atoms with Gasteiger partial charge in [-0.05, 0) is 44.0 Å². The lowest BCUT2D eigenvalue weighted by molar-refractivity contribution is 0.134. The molecule has 2 nitrogen and oxygen atoms in total. The molecule has 1 aromatic rings. The average molecular weight is 254 g/mol. The van der Waals surface area contributed by atoms with Crippen LogP contribution in [-0.2, 0) is 0 Å². The maximum Gasteiger partial charge on any atom is 0.0816 e. The standard InChI is InChI=1S/C14H20ClNO/c15-13-7-3-2-6-12(13)14(17)8-11-16-9-4-1-5-10-16/h2-3,6-7,14,17H,1,4-5,8-11H2. The molecule has 94 valence electrons. The molecule has 17 heavy (non-hydrogen) atoms. The lowest BCUT2D eigenvalue weighted by Gasteiger charge is -2.27. The number of benzene rings is 1. The molecule has 3 heteroatoms. The first-order chi connectivity index (χ1) is 8.27. The van der Waals surface area contributed by atoms with E-state index in [-0.39, 0.29) is 0 Å². The number of piperidine rings is 1. The molecule has 1 heterocycles. The summed E-state index contributed by atoms with van der Waals surface area (Å²) in [6.07, 6.45) is 4.27. The molecule has 2 rings (SSSR count). The number of aliphatic hydroxyl groups excluding tert-OH is 1. The Morgan fingerprint density at radius 3 is 2.59 bits per heavy atom. The van der Waals surface area contributed by atoms with Gasteiger partial charge in [0, 0.05) is 11.6 Å². The third-order valence-electron chi connectivity index (χ3n) is 3.43. The van der Waals surface area contributed by atoms with Crippen LogP contribution in [0.15, 0.2) is 24.3 Å². The molecule has 1 fully saturated rings. The van der Waals surface area contributed by atoms with E-state index in [1.165, 1.54) is 32.4 Å². The Hall–Kier alpha value is -0.570. The second-order valence-corrected chi connectivity index (χ2v) is 5.14. The maximum atomic E-state index is 10.1. The number of aliphatic hydroxyl groups is 1. The third-order valence-corrected chi connectivity index (χ3v) is 3.78. The molecular formula is C14H20ClNO. The van der Waals surface area contributed by atoms with Gasteiger partial charge >= 0.3 is 0 Å². The van der Waals surface area contributed by atoms with Crippen molar-refractivity contribution in [3.63, 3.8) is 0 Å². The Balaban J connectivity index is 1.84. The van der Waals surface area contributed by atoms with Gasteiger partial charge in [0.05, 0.1) is 6.10 Å². The fourth-order valence-corrected chi connectivity index (χ4v) is 2.65. The van der Waals surface area contributed by atoms with E-state index in [9.17, 15) is 5.11 Å². The Morgan fingerprint density at radius 1 is 1.18 bits per heavy atom. The lowest BCUT2D eigenvalue weighted by Crippen LogP contribution is -2.31. The fraction of sp³-hybridized carbons (Fsp3) is 0.571. The summed E-state index contributed by atoms with van der Waals surface area (Å²) >= 11 is 6.07. The smallest absolute Gasteiger partial charge is 0.0816 e. The van der Waals surface area contributed by atoms with Crippen molar-refractivity contribution in [1.82, 2.24) is 4.90 Å². The van der Waals surface area contributed by atoms with Crippen molar-refractivity contribution in [3.8, 4) is 0 Å². The first-order valence-electron chi connectivity index (χ1n) is 6.42. The van der Waals surface area contributed by atoms with Crippen LogP contribution in [0.1, 0.15) is 37.4 Å². The Morgan fingerprint density at radius 2 is 1.88 bits per heavy atom. The molecule has 0 aromatic heterocycles. The predicted molar refractivity (Wildman–Crippen MR) is 71.3 cm³/mol. The van der Waals surface area contributed by atoms with Crippen LogP contribution in [-0.4, -0.2) is 29.6 Å². The number of hydrogen-bond donors (Lipinski definition) is 1. The van der Waals surface area contributed by atoms with Crippen molar-refractivity contribution in [2.45, 2.75) is 31.8 Å². The minimum absolute atomic E-state index is 0.439. The molecule has 1 saturated heterocycles.